The normalized spacial score (nSPS) is 17.1. The smallest absolute Gasteiger partial charge is 0.300 e. The van der Waals surface area contributed by atoms with E-state index < -0.39 is 23.5 Å². The Kier molecular flexibility index (Phi) is 6.47. The van der Waals surface area contributed by atoms with Gasteiger partial charge in [-0.3, -0.25) is 14.5 Å². The second-order valence-electron chi connectivity index (χ2n) is 7.54. The summed E-state index contributed by atoms with van der Waals surface area (Å²) >= 11 is 6.35. The monoisotopic (exact) mass is 479 g/mol. The number of anilines is 1. The molecule has 2 N–H and O–H groups in total. The summed E-state index contributed by atoms with van der Waals surface area (Å²) < 4.78 is 10.8. The lowest BCUT2D eigenvalue weighted by Gasteiger charge is -2.26. The average molecular weight is 480 g/mol. The molecular formula is C26H22ClNO6. The van der Waals surface area contributed by atoms with Crippen LogP contribution in [0.2, 0.25) is 5.02 Å². The number of aromatic hydroxyl groups is 1. The van der Waals surface area contributed by atoms with Gasteiger partial charge in [0.1, 0.15) is 23.0 Å². The van der Waals surface area contributed by atoms with Gasteiger partial charge in [-0.05, 0) is 55.0 Å². The molecule has 1 heterocycles. The SMILES string of the molecule is CCOc1ccc(Cl)c(/C(O)=C2\C(=O)C(=O)N(c3cccc(OC)c3)C2c2ccc(O)cc2)c1. The van der Waals surface area contributed by atoms with Crippen molar-refractivity contribution >= 4 is 34.7 Å². The van der Waals surface area contributed by atoms with Gasteiger partial charge in [0.15, 0.2) is 0 Å². The Balaban J connectivity index is 1.95. The molecule has 34 heavy (non-hydrogen) atoms. The van der Waals surface area contributed by atoms with Crippen LogP contribution in [0.4, 0.5) is 5.69 Å². The van der Waals surface area contributed by atoms with Gasteiger partial charge in [0.05, 0.1) is 30.4 Å². The average Bonchev–Trinajstić information content (AvgIpc) is 3.11. The number of carbonyl (C=O) groups is 2. The minimum atomic E-state index is -0.973. The minimum Gasteiger partial charge on any atom is -0.508 e. The highest BCUT2D eigenvalue weighted by Gasteiger charge is 2.47. The van der Waals surface area contributed by atoms with Crippen molar-refractivity contribution in [3.63, 3.8) is 0 Å². The van der Waals surface area contributed by atoms with Crippen LogP contribution in [0, 0.1) is 0 Å². The highest BCUT2D eigenvalue weighted by atomic mass is 35.5. The summed E-state index contributed by atoms with van der Waals surface area (Å²) in [5, 5.41) is 21.3. The maximum Gasteiger partial charge on any atom is 0.300 e. The van der Waals surface area contributed by atoms with Crippen LogP contribution in [0.25, 0.3) is 5.76 Å². The number of amides is 1. The molecule has 1 aliphatic heterocycles. The van der Waals surface area contributed by atoms with Crippen LogP contribution in [-0.2, 0) is 9.59 Å². The molecule has 1 amide bonds. The minimum absolute atomic E-state index is 0.0227. The number of aliphatic hydroxyl groups is 1. The van der Waals surface area contributed by atoms with Gasteiger partial charge in [-0.1, -0.05) is 29.8 Å². The van der Waals surface area contributed by atoms with Gasteiger partial charge in [0.2, 0.25) is 0 Å². The van der Waals surface area contributed by atoms with Crippen molar-refractivity contribution in [3.05, 3.63) is 88.5 Å². The Labute approximate surface area is 201 Å². The predicted octanol–water partition coefficient (Wildman–Crippen LogP) is 5.08. The Morgan fingerprint density at radius 3 is 2.44 bits per heavy atom. The van der Waals surface area contributed by atoms with Gasteiger partial charge in [-0.25, -0.2) is 0 Å². The molecule has 1 unspecified atom stereocenters. The van der Waals surface area contributed by atoms with Crippen LogP contribution < -0.4 is 14.4 Å². The lowest BCUT2D eigenvalue weighted by Crippen LogP contribution is -2.29. The number of aliphatic hydroxyl groups excluding tert-OH is 1. The highest BCUT2D eigenvalue weighted by Crippen LogP contribution is 2.44. The third-order valence-corrected chi connectivity index (χ3v) is 5.82. The zero-order chi connectivity index (χ0) is 24.4. The van der Waals surface area contributed by atoms with Crippen LogP contribution in [0.3, 0.4) is 0 Å². The van der Waals surface area contributed by atoms with Crippen molar-refractivity contribution < 1.29 is 29.3 Å². The van der Waals surface area contributed by atoms with Gasteiger partial charge in [0, 0.05) is 17.3 Å². The van der Waals surface area contributed by atoms with Crippen LogP contribution in [-0.4, -0.2) is 35.6 Å². The van der Waals surface area contributed by atoms with Crippen molar-refractivity contribution in [3.8, 4) is 17.2 Å². The second-order valence-corrected chi connectivity index (χ2v) is 7.94. The summed E-state index contributed by atoms with van der Waals surface area (Å²) in [7, 11) is 1.50. The van der Waals surface area contributed by atoms with Crippen molar-refractivity contribution in [1.82, 2.24) is 0 Å². The van der Waals surface area contributed by atoms with E-state index in [1.807, 2.05) is 6.92 Å². The van der Waals surface area contributed by atoms with Crippen LogP contribution in [0.1, 0.15) is 24.1 Å². The fourth-order valence-corrected chi connectivity index (χ4v) is 4.13. The molecule has 1 aliphatic rings. The van der Waals surface area contributed by atoms with E-state index in [4.69, 9.17) is 21.1 Å². The number of carbonyl (C=O) groups excluding carboxylic acids is 2. The van der Waals surface area contributed by atoms with Crippen molar-refractivity contribution in [2.45, 2.75) is 13.0 Å². The molecule has 174 valence electrons. The standard InChI is InChI=1S/C26H22ClNO6/c1-3-34-19-11-12-21(27)20(14-19)24(30)22-23(15-7-9-17(29)10-8-15)28(26(32)25(22)31)16-5-4-6-18(13-16)33-2/h4-14,23,29-30H,3H2,1-2H3/b24-22+. The lowest BCUT2D eigenvalue weighted by molar-refractivity contribution is -0.132. The molecule has 0 bridgehead atoms. The summed E-state index contributed by atoms with van der Waals surface area (Å²) in [5.41, 5.74) is 0.959. The highest BCUT2D eigenvalue weighted by molar-refractivity contribution is 6.52. The molecule has 3 aromatic rings. The second kappa shape index (κ2) is 9.49. The predicted molar refractivity (Wildman–Crippen MR) is 129 cm³/mol. The Morgan fingerprint density at radius 2 is 1.76 bits per heavy atom. The maximum absolute atomic E-state index is 13.3. The number of benzene rings is 3. The number of ketones is 1. The molecule has 1 atom stereocenters. The number of ether oxygens (including phenoxy) is 2. The number of hydrogen-bond donors (Lipinski definition) is 2. The number of nitrogens with zero attached hydrogens (tertiary/aromatic N) is 1. The molecule has 0 radical (unpaired) electrons. The van der Waals surface area contributed by atoms with E-state index in [9.17, 15) is 19.8 Å². The lowest BCUT2D eigenvalue weighted by atomic mass is 9.95. The van der Waals surface area contributed by atoms with Crippen LogP contribution in [0.15, 0.2) is 72.3 Å². The van der Waals surface area contributed by atoms with Gasteiger partial charge in [0.25, 0.3) is 11.7 Å². The third kappa shape index (κ3) is 4.18. The van der Waals surface area contributed by atoms with E-state index in [2.05, 4.69) is 0 Å². The van der Waals surface area contributed by atoms with E-state index in [1.165, 1.54) is 30.2 Å². The van der Waals surface area contributed by atoms with Gasteiger partial charge >= 0.3 is 0 Å². The van der Waals surface area contributed by atoms with Gasteiger partial charge in [-0.2, -0.15) is 0 Å². The van der Waals surface area contributed by atoms with E-state index >= 15 is 0 Å². The fraction of sp³-hybridized carbons (Fsp3) is 0.154. The summed E-state index contributed by atoms with van der Waals surface area (Å²) in [5.74, 6) is -1.13. The summed E-state index contributed by atoms with van der Waals surface area (Å²) in [6.07, 6.45) is 0. The first-order valence-electron chi connectivity index (χ1n) is 10.5. The number of Topliss-reactive ketones (excluding diaryl/α,β-unsaturated/α-hetero) is 1. The number of hydrogen-bond acceptors (Lipinski definition) is 6. The van der Waals surface area contributed by atoms with Gasteiger partial charge in [-0.15, -0.1) is 0 Å². The van der Waals surface area contributed by atoms with Crippen molar-refractivity contribution in [2.75, 3.05) is 18.6 Å². The number of phenols is 1. The summed E-state index contributed by atoms with van der Waals surface area (Å²) in [4.78, 5) is 27.8. The Morgan fingerprint density at radius 1 is 1.03 bits per heavy atom. The molecule has 1 fully saturated rings. The van der Waals surface area contributed by atoms with Crippen LogP contribution in [0.5, 0.6) is 17.2 Å². The molecule has 4 rings (SSSR count). The van der Waals surface area contributed by atoms with Crippen LogP contribution >= 0.6 is 11.6 Å². The van der Waals surface area contributed by atoms with Gasteiger partial charge < -0.3 is 19.7 Å². The van der Waals surface area contributed by atoms with Crippen molar-refractivity contribution in [2.24, 2.45) is 0 Å². The first kappa shape index (κ1) is 23.2. The molecule has 8 heteroatoms. The molecule has 0 saturated carbocycles. The largest absolute Gasteiger partial charge is 0.508 e. The van der Waals surface area contributed by atoms with E-state index in [0.717, 1.165) is 0 Å². The topological polar surface area (TPSA) is 96.3 Å². The summed E-state index contributed by atoms with van der Waals surface area (Å²) in [6.45, 7) is 2.22. The zero-order valence-corrected chi connectivity index (χ0v) is 19.2. The summed E-state index contributed by atoms with van der Waals surface area (Å²) in [6, 6.07) is 16.5. The number of phenolic OH excluding ortho intramolecular Hbond substituents is 1. The number of methoxy groups -OCH3 is 1. The molecular weight excluding hydrogens is 458 g/mol. The van der Waals surface area contributed by atoms with E-state index in [1.54, 1.807) is 48.5 Å². The molecule has 1 saturated heterocycles. The molecule has 0 aliphatic carbocycles. The Hall–Kier alpha value is -3.97. The number of rotatable bonds is 6. The molecule has 0 aromatic heterocycles. The van der Waals surface area contributed by atoms with Crippen molar-refractivity contribution in [1.29, 1.82) is 0 Å². The van der Waals surface area contributed by atoms with E-state index in [-0.39, 0.29) is 21.9 Å². The first-order valence-corrected chi connectivity index (χ1v) is 10.9. The third-order valence-electron chi connectivity index (χ3n) is 5.49. The molecule has 7 nitrogen and oxygen atoms in total. The quantitative estimate of drug-likeness (QED) is 0.291. The Bertz CT molecular complexity index is 1280. The first-order chi connectivity index (χ1) is 16.3. The number of halogens is 1. The molecule has 3 aromatic carbocycles. The van der Waals surface area contributed by atoms with E-state index in [0.29, 0.717) is 29.4 Å². The molecule has 0 spiro atoms. The maximum atomic E-state index is 13.3. The fourth-order valence-electron chi connectivity index (χ4n) is 3.92. The zero-order valence-electron chi connectivity index (χ0n) is 18.5.